The predicted molar refractivity (Wildman–Crippen MR) is 37.2 cm³/mol. The minimum atomic E-state index is -0.779. The third-order valence-electron chi connectivity index (χ3n) is 2.36. The van der Waals surface area contributed by atoms with Crippen LogP contribution in [-0.2, 0) is 4.79 Å². The third kappa shape index (κ3) is 0.735. The maximum atomic E-state index is 10.4. The summed E-state index contributed by atoms with van der Waals surface area (Å²) in [4.78, 5) is 10.4. The normalized spacial score (nSPS) is 35.0. The van der Waals surface area contributed by atoms with Crippen LogP contribution in [0.25, 0.3) is 0 Å². The molecule has 0 bridgehead atoms. The fourth-order valence-electron chi connectivity index (χ4n) is 1.46. The molecule has 0 aromatic rings. The Kier molecular flexibility index (Phi) is 1.31. The molecule has 10 heavy (non-hydrogen) atoms. The molecule has 0 heterocycles. The summed E-state index contributed by atoms with van der Waals surface area (Å²) in [6.07, 6.45) is 1.23. The molecule has 0 spiro atoms. The Labute approximate surface area is 59.6 Å². The molecule has 0 radical (unpaired) electrons. The van der Waals surface area contributed by atoms with Gasteiger partial charge in [0.05, 0.1) is 5.92 Å². The first-order valence-corrected chi connectivity index (χ1v) is 3.25. The number of aliphatic carboxylic acids is 1. The molecule has 2 atom stereocenters. The molecule has 1 saturated carbocycles. The summed E-state index contributed by atoms with van der Waals surface area (Å²) in [5.74, 6) is -1.16. The van der Waals surface area contributed by atoms with Crippen LogP contribution in [0.1, 0.15) is 13.8 Å². The number of carbonyl (C=O) groups is 1. The van der Waals surface area contributed by atoms with Gasteiger partial charge in [-0.05, 0) is 11.6 Å². The quantitative estimate of drug-likeness (QED) is 0.563. The summed E-state index contributed by atoms with van der Waals surface area (Å²) in [5.41, 5.74) is -0.187. The zero-order valence-electron chi connectivity index (χ0n) is 6.09. The van der Waals surface area contributed by atoms with Gasteiger partial charge < -0.3 is 10.5 Å². The van der Waals surface area contributed by atoms with Crippen molar-refractivity contribution < 1.29 is 9.90 Å². The molecular weight excluding hydrogens is 130 g/mol. The van der Waals surface area contributed by atoms with Crippen molar-refractivity contribution in [1.29, 1.82) is 5.41 Å². The summed E-state index contributed by atoms with van der Waals surface area (Å²) in [6.45, 7) is 3.75. The van der Waals surface area contributed by atoms with Crippen LogP contribution < -0.4 is 0 Å². The maximum Gasteiger partial charge on any atom is 0.307 e. The number of carboxylic acid groups (broad SMARTS) is 1. The Morgan fingerprint density at radius 1 is 1.70 bits per heavy atom. The highest BCUT2D eigenvalue weighted by molar-refractivity contribution is 5.83. The zero-order valence-corrected chi connectivity index (χ0v) is 6.09. The van der Waals surface area contributed by atoms with Crippen molar-refractivity contribution in [3.63, 3.8) is 0 Å². The van der Waals surface area contributed by atoms with Crippen molar-refractivity contribution in [2.45, 2.75) is 13.8 Å². The molecule has 1 aliphatic rings. The number of carboxylic acids is 1. The lowest BCUT2D eigenvalue weighted by molar-refractivity contribution is -0.139. The van der Waals surface area contributed by atoms with Crippen LogP contribution in [0.15, 0.2) is 0 Å². The number of hydrogen-bond acceptors (Lipinski definition) is 2. The molecule has 0 saturated heterocycles. The average molecular weight is 141 g/mol. The van der Waals surface area contributed by atoms with E-state index in [-0.39, 0.29) is 17.3 Å². The Balaban J connectivity index is 2.70. The highest BCUT2D eigenvalue weighted by Crippen LogP contribution is 2.56. The standard InChI is InChI=1S/C7H11NO2/c1-7(2)4(3-8)5(7)6(9)10/h3-5,8H,1-2H3,(H,9,10). The number of rotatable bonds is 2. The largest absolute Gasteiger partial charge is 0.481 e. The first-order valence-electron chi connectivity index (χ1n) is 3.25. The van der Waals surface area contributed by atoms with Crippen LogP contribution in [0.5, 0.6) is 0 Å². The fourth-order valence-corrected chi connectivity index (χ4v) is 1.46. The lowest BCUT2D eigenvalue weighted by Gasteiger charge is -1.95. The van der Waals surface area contributed by atoms with E-state index >= 15 is 0 Å². The van der Waals surface area contributed by atoms with E-state index < -0.39 is 5.97 Å². The molecule has 0 amide bonds. The first kappa shape index (κ1) is 7.25. The van der Waals surface area contributed by atoms with Crippen molar-refractivity contribution in [3.05, 3.63) is 0 Å². The molecular formula is C7H11NO2. The van der Waals surface area contributed by atoms with E-state index in [1.807, 2.05) is 13.8 Å². The lowest BCUT2D eigenvalue weighted by Crippen LogP contribution is -2.03. The van der Waals surface area contributed by atoms with Crippen molar-refractivity contribution >= 4 is 12.2 Å². The first-order chi connectivity index (χ1) is 4.51. The summed E-state index contributed by atoms with van der Waals surface area (Å²) in [5, 5.41) is 15.5. The summed E-state index contributed by atoms with van der Waals surface area (Å²) >= 11 is 0. The van der Waals surface area contributed by atoms with Crippen molar-refractivity contribution in [2.75, 3.05) is 0 Å². The Bertz CT molecular complexity index is 186. The second-order valence-electron chi connectivity index (χ2n) is 3.33. The monoisotopic (exact) mass is 141 g/mol. The van der Waals surface area contributed by atoms with E-state index in [0.29, 0.717) is 0 Å². The van der Waals surface area contributed by atoms with Gasteiger partial charge >= 0.3 is 5.97 Å². The van der Waals surface area contributed by atoms with Crippen LogP contribution in [0.2, 0.25) is 0 Å². The molecule has 0 aromatic heterocycles. The molecule has 3 heteroatoms. The van der Waals surface area contributed by atoms with Crippen molar-refractivity contribution in [1.82, 2.24) is 0 Å². The topological polar surface area (TPSA) is 61.2 Å². The molecule has 1 aliphatic carbocycles. The van der Waals surface area contributed by atoms with E-state index in [1.165, 1.54) is 6.21 Å². The summed E-state index contributed by atoms with van der Waals surface area (Å²) < 4.78 is 0. The highest BCUT2D eigenvalue weighted by atomic mass is 16.4. The lowest BCUT2D eigenvalue weighted by atomic mass is 10.1. The Morgan fingerprint density at radius 2 is 2.20 bits per heavy atom. The molecule has 1 rings (SSSR count). The Hall–Kier alpha value is -0.860. The molecule has 3 nitrogen and oxygen atoms in total. The van der Waals surface area contributed by atoms with Crippen LogP contribution in [0.4, 0.5) is 0 Å². The van der Waals surface area contributed by atoms with E-state index in [9.17, 15) is 4.79 Å². The highest BCUT2D eigenvalue weighted by Gasteiger charge is 2.61. The molecule has 0 aromatic carbocycles. The van der Waals surface area contributed by atoms with E-state index in [0.717, 1.165) is 0 Å². The van der Waals surface area contributed by atoms with Gasteiger partial charge in [-0.1, -0.05) is 13.8 Å². The van der Waals surface area contributed by atoms with E-state index in [1.54, 1.807) is 0 Å². The fraction of sp³-hybridized carbons (Fsp3) is 0.714. The van der Waals surface area contributed by atoms with Gasteiger partial charge in [-0.15, -0.1) is 0 Å². The number of nitrogens with one attached hydrogen (secondary N) is 1. The van der Waals surface area contributed by atoms with Gasteiger partial charge in [0.15, 0.2) is 0 Å². The van der Waals surface area contributed by atoms with Gasteiger partial charge in [0, 0.05) is 5.92 Å². The average Bonchev–Trinajstić information content (AvgIpc) is 2.33. The van der Waals surface area contributed by atoms with Crippen molar-refractivity contribution in [2.24, 2.45) is 17.3 Å². The van der Waals surface area contributed by atoms with Gasteiger partial charge in [0.25, 0.3) is 0 Å². The third-order valence-corrected chi connectivity index (χ3v) is 2.36. The molecule has 1 fully saturated rings. The van der Waals surface area contributed by atoms with Gasteiger partial charge in [0.2, 0.25) is 0 Å². The minimum Gasteiger partial charge on any atom is -0.481 e. The second kappa shape index (κ2) is 1.81. The van der Waals surface area contributed by atoms with Gasteiger partial charge in [-0.2, -0.15) is 0 Å². The van der Waals surface area contributed by atoms with Gasteiger partial charge in [-0.3, -0.25) is 4.79 Å². The van der Waals surface area contributed by atoms with Crippen molar-refractivity contribution in [3.8, 4) is 0 Å². The van der Waals surface area contributed by atoms with Crippen LogP contribution in [0.3, 0.4) is 0 Å². The van der Waals surface area contributed by atoms with Crippen LogP contribution >= 0.6 is 0 Å². The zero-order chi connectivity index (χ0) is 7.94. The van der Waals surface area contributed by atoms with E-state index in [4.69, 9.17) is 10.5 Å². The summed E-state index contributed by atoms with van der Waals surface area (Å²) in [7, 11) is 0. The molecule has 2 unspecified atom stereocenters. The SMILES string of the molecule is CC1(C)C(C=N)C1C(=O)O. The number of hydrogen-bond donors (Lipinski definition) is 2. The predicted octanol–water partition coefficient (Wildman–Crippen LogP) is 0.993. The smallest absolute Gasteiger partial charge is 0.307 e. The minimum absolute atomic E-state index is 0.0509. The molecule has 56 valence electrons. The van der Waals surface area contributed by atoms with Gasteiger partial charge in [-0.25, -0.2) is 0 Å². The second-order valence-corrected chi connectivity index (χ2v) is 3.33. The maximum absolute atomic E-state index is 10.4. The summed E-state index contributed by atoms with van der Waals surface area (Å²) in [6, 6.07) is 0. The van der Waals surface area contributed by atoms with E-state index in [2.05, 4.69) is 0 Å². The van der Waals surface area contributed by atoms with Gasteiger partial charge in [0.1, 0.15) is 0 Å². The van der Waals surface area contributed by atoms with Crippen LogP contribution in [-0.4, -0.2) is 17.3 Å². The Morgan fingerprint density at radius 3 is 2.30 bits per heavy atom. The molecule has 2 N–H and O–H groups in total. The molecule has 0 aliphatic heterocycles. The van der Waals surface area contributed by atoms with Crippen LogP contribution in [0, 0.1) is 22.7 Å².